The topological polar surface area (TPSA) is 389 Å². The fourth-order valence-electron chi connectivity index (χ4n) is 6.86. The molecule has 24 heteroatoms. The number of carbonyl (C=O) groups is 10. The molecule has 1 aromatic heterocycles. The number of fused-ring (bicyclic) bond motifs is 1. The molecule has 23 nitrogen and oxygen atoms in total. The van der Waals surface area contributed by atoms with E-state index in [9.17, 15) is 58.2 Å². The lowest BCUT2D eigenvalue weighted by Gasteiger charge is -2.29. The number of carboxylic acid groups (broad SMARTS) is 1. The van der Waals surface area contributed by atoms with Crippen LogP contribution in [0.25, 0.3) is 10.9 Å². The minimum absolute atomic E-state index is 0.0126. The van der Waals surface area contributed by atoms with E-state index in [2.05, 4.69) is 42.2 Å². The third-order valence-electron chi connectivity index (χ3n) is 11.0. The summed E-state index contributed by atoms with van der Waals surface area (Å²) in [4.78, 5) is 133. The molecule has 1 aromatic carbocycles. The van der Waals surface area contributed by atoms with Crippen LogP contribution in [0, 0.1) is 11.8 Å². The smallest absolute Gasteiger partial charge is 0.328 e. The monoisotopic (exact) mass is 975 g/mol. The highest BCUT2D eigenvalue weighted by Gasteiger charge is 2.36. The molecule has 0 unspecified atom stereocenters. The standard InChI is InChI=1S/C44H69N11O12S/c1-8-22(4)35(43(65)49-23(5)37(59)50-29(15-16-68-7)39(61)53-32(19-34(47)58)42(64)55-36(24(6)56)44(66)67)54-41(63)30(17-21(2)3)52-40(62)31(51-38(60)27(45)13-14-33(46)57)18-25-20-48-28-12-10-9-11-26(25)28/h9-12,20-24,27,29-32,35-36,48,56H,8,13-19,45H2,1-7H3,(H2,46,57)(H2,47,58)(H,49,65)(H,50,59)(H,51,60)(H,52,62)(H,53,61)(H,54,63)(H,55,64)(H,66,67)/t22-,23-,24+,27-,29-,30-,31-,32-,35-,36-/m0/s1. The minimum Gasteiger partial charge on any atom is -0.480 e. The van der Waals surface area contributed by atoms with Crippen molar-refractivity contribution in [3.8, 4) is 0 Å². The highest BCUT2D eigenvalue weighted by molar-refractivity contribution is 7.98. The number of aromatic amines is 1. The van der Waals surface area contributed by atoms with Crippen LogP contribution in [0.4, 0.5) is 0 Å². The van der Waals surface area contributed by atoms with Crippen molar-refractivity contribution in [3.63, 3.8) is 0 Å². The third-order valence-corrected chi connectivity index (χ3v) is 11.6. The lowest BCUT2D eigenvalue weighted by molar-refractivity contribution is -0.145. The Kier molecular flexibility index (Phi) is 24.0. The predicted octanol–water partition coefficient (Wildman–Crippen LogP) is -2.10. The van der Waals surface area contributed by atoms with Gasteiger partial charge in [-0.2, -0.15) is 11.8 Å². The van der Waals surface area contributed by atoms with Gasteiger partial charge in [0.15, 0.2) is 6.04 Å². The van der Waals surface area contributed by atoms with Crippen LogP contribution in [0.2, 0.25) is 0 Å². The number of aromatic nitrogens is 1. The highest BCUT2D eigenvalue weighted by Crippen LogP contribution is 2.20. The Morgan fingerprint density at radius 3 is 1.81 bits per heavy atom. The summed E-state index contributed by atoms with van der Waals surface area (Å²) in [6.45, 7) is 9.56. The quantitative estimate of drug-likeness (QED) is 0.0399. The number of H-pyrrole nitrogens is 1. The van der Waals surface area contributed by atoms with Crippen molar-refractivity contribution in [2.45, 2.75) is 141 Å². The number of hydrogen-bond donors (Lipinski definition) is 13. The Hall–Kier alpha value is -6.27. The Morgan fingerprint density at radius 1 is 0.676 bits per heavy atom. The molecule has 0 spiro atoms. The molecule has 0 saturated heterocycles. The van der Waals surface area contributed by atoms with Crippen molar-refractivity contribution < 1.29 is 58.2 Å². The molecule has 68 heavy (non-hydrogen) atoms. The molecule has 0 radical (unpaired) electrons. The first-order valence-corrected chi connectivity index (χ1v) is 23.7. The zero-order valence-corrected chi connectivity index (χ0v) is 40.3. The van der Waals surface area contributed by atoms with E-state index in [0.717, 1.165) is 17.8 Å². The number of amides is 9. The van der Waals surface area contributed by atoms with Crippen LogP contribution < -0.4 is 54.4 Å². The van der Waals surface area contributed by atoms with Crippen molar-refractivity contribution in [2.24, 2.45) is 29.0 Å². The second-order valence-electron chi connectivity index (χ2n) is 17.2. The first-order chi connectivity index (χ1) is 31.9. The molecule has 0 bridgehead atoms. The number of hydrogen-bond acceptors (Lipinski definition) is 13. The Labute approximate surface area is 399 Å². The highest BCUT2D eigenvalue weighted by atomic mass is 32.2. The van der Waals surface area contributed by atoms with Crippen LogP contribution >= 0.6 is 11.8 Å². The van der Waals surface area contributed by atoms with Gasteiger partial charge in [0.1, 0.15) is 36.3 Å². The zero-order valence-electron chi connectivity index (χ0n) is 39.5. The van der Waals surface area contributed by atoms with Crippen LogP contribution in [0.15, 0.2) is 30.5 Å². The Bertz CT molecular complexity index is 2100. The second-order valence-corrected chi connectivity index (χ2v) is 18.2. The number of carbonyl (C=O) groups excluding carboxylic acids is 9. The van der Waals surface area contributed by atoms with Gasteiger partial charge in [0.05, 0.1) is 18.6 Å². The van der Waals surface area contributed by atoms with Crippen LogP contribution in [0.1, 0.15) is 85.6 Å². The lowest BCUT2D eigenvalue weighted by Crippen LogP contribution is -2.61. The van der Waals surface area contributed by atoms with Gasteiger partial charge in [0.25, 0.3) is 0 Å². The summed E-state index contributed by atoms with van der Waals surface area (Å²) in [6.07, 6.45) is 1.39. The molecule has 0 aliphatic carbocycles. The predicted molar refractivity (Wildman–Crippen MR) is 253 cm³/mol. The number of aliphatic carboxylic acids is 1. The van der Waals surface area contributed by atoms with E-state index >= 15 is 0 Å². The maximum atomic E-state index is 14.1. The first kappa shape index (κ1) is 57.9. The average molecular weight is 976 g/mol. The van der Waals surface area contributed by atoms with Gasteiger partial charge in [-0.3, -0.25) is 43.2 Å². The van der Waals surface area contributed by atoms with Gasteiger partial charge in [-0.15, -0.1) is 0 Å². The van der Waals surface area contributed by atoms with Crippen LogP contribution in [-0.2, 0) is 54.4 Å². The fraction of sp³-hybridized carbons (Fsp3) is 0.591. The van der Waals surface area contributed by atoms with Gasteiger partial charge < -0.3 is 69.6 Å². The van der Waals surface area contributed by atoms with Crippen molar-refractivity contribution in [1.29, 1.82) is 0 Å². The molecule has 0 saturated carbocycles. The number of aliphatic hydroxyl groups excluding tert-OH is 1. The van der Waals surface area contributed by atoms with Crippen molar-refractivity contribution >= 4 is 81.8 Å². The molecule has 0 fully saturated rings. The van der Waals surface area contributed by atoms with Gasteiger partial charge in [-0.05, 0) is 68.6 Å². The number of rotatable bonds is 30. The Morgan fingerprint density at radius 2 is 1.24 bits per heavy atom. The number of para-hydroxylation sites is 1. The number of nitrogens with two attached hydrogens (primary N) is 3. The van der Waals surface area contributed by atoms with Gasteiger partial charge in [-0.1, -0.05) is 52.3 Å². The van der Waals surface area contributed by atoms with Crippen LogP contribution in [0.5, 0.6) is 0 Å². The zero-order chi connectivity index (χ0) is 51.4. The van der Waals surface area contributed by atoms with Crippen LogP contribution in [-0.4, -0.2) is 141 Å². The van der Waals surface area contributed by atoms with E-state index < -0.39 is 126 Å². The molecule has 378 valence electrons. The van der Waals surface area contributed by atoms with E-state index in [-0.39, 0.29) is 38.0 Å². The molecule has 2 rings (SSSR count). The van der Waals surface area contributed by atoms with Gasteiger partial charge >= 0.3 is 5.97 Å². The molecule has 2 aromatic rings. The number of nitrogens with one attached hydrogen (secondary N) is 8. The number of benzene rings is 1. The maximum Gasteiger partial charge on any atom is 0.328 e. The van der Waals surface area contributed by atoms with Gasteiger partial charge in [0.2, 0.25) is 53.2 Å². The number of primary amides is 2. The molecule has 10 atom stereocenters. The number of carboxylic acids is 1. The summed E-state index contributed by atoms with van der Waals surface area (Å²) in [7, 11) is 0. The molecular formula is C44H69N11O12S. The Balaban J connectivity index is 2.31. The molecule has 16 N–H and O–H groups in total. The van der Waals surface area contributed by atoms with E-state index in [1.807, 2.05) is 38.1 Å². The molecule has 0 aliphatic rings. The lowest BCUT2D eigenvalue weighted by atomic mass is 9.96. The second kappa shape index (κ2) is 28.2. The van der Waals surface area contributed by atoms with E-state index in [0.29, 0.717) is 17.7 Å². The summed E-state index contributed by atoms with van der Waals surface area (Å²) >= 11 is 1.32. The van der Waals surface area contributed by atoms with Crippen molar-refractivity contribution in [3.05, 3.63) is 36.0 Å². The summed E-state index contributed by atoms with van der Waals surface area (Å²) < 4.78 is 0. The van der Waals surface area contributed by atoms with Crippen LogP contribution in [0.3, 0.4) is 0 Å². The summed E-state index contributed by atoms with van der Waals surface area (Å²) in [5.74, 6) is -9.47. The summed E-state index contributed by atoms with van der Waals surface area (Å²) in [5, 5.41) is 37.6. The molecular weight excluding hydrogens is 907 g/mol. The van der Waals surface area contributed by atoms with E-state index in [4.69, 9.17) is 17.2 Å². The normalized spacial score (nSPS) is 15.7. The maximum absolute atomic E-state index is 14.1. The number of thioether (sulfide) groups is 1. The molecule has 9 amide bonds. The van der Waals surface area contributed by atoms with Gasteiger partial charge in [0, 0.05) is 29.9 Å². The minimum atomic E-state index is -1.78. The average Bonchev–Trinajstić information content (AvgIpc) is 3.68. The summed E-state index contributed by atoms with van der Waals surface area (Å²) in [5.41, 5.74) is 18.0. The van der Waals surface area contributed by atoms with Crippen molar-refractivity contribution in [1.82, 2.24) is 42.2 Å². The molecule has 1 heterocycles. The fourth-order valence-corrected chi connectivity index (χ4v) is 7.33. The largest absolute Gasteiger partial charge is 0.480 e. The number of aliphatic hydroxyl groups is 1. The summed E-state index contributed by atoms with van der Waals surface area (Å²) in [6, 6.07) is -3.65. The van der Waals surface area contributed by atoms with E-state index in [1.54, 1.807) is 26.3 Å². The third kappa shape index (κ3) is 18.8. The SMILES string of the molecule is CC[C@H](C)[C@H](NC(=O)[C@H](CC(C)C)NC(=O)[C@H](Cc1c[nH]c2ccccc12)NC(=O)[C@@H](N)CCC(N)=O)C(=O)N[C@@H](C)C(=O)N[C@@H](CCSC)C(=O)N[C@@H](CC(N)=O)C(=O)N[C@H](C(=O)O)[C@@H](C)O. The van der Waals surface area contributed by atoms with E-state index in [1.165, 1.54) is 18.7 Å². The molecule has 0 aliphatic heterocycles. The first-order valence-electron chi connectivity index (χ1n) is 22.3. The van der Waals surface area contributed by atoms with Crippen molar-refractivity contribution in [2.75, 3.05) is 12.0 Å². The van der Waals surface area contributed by atoms with Gasteiger partial charge in [-0.25, -0.2) is 4.79 Å².